The van der Waals surface area contributed by atoms with E-state index in [4.69, 9.17) is 5.11 Å². The van der Waals surface area contributed by atoms with E-state index < -0.39 is 5.97 Å². The van der Waals surface area contributed by atoms with Crippen LogP contribution in [0.25, 0.3) is 0 Å². The van der Waals surface area contributed by atoms with Crippen LogP contribution >= 0.6 is 11.8 Å². The molecular weight excluding hydrogens is 264 g/mol. The van der Waals surface area contributed by atoms with Gasteiger partial charge in [0.2, 0.25) is 0 Å². The van der Waals surface area contributed by atoms with Crippen LogP contribution in [0.15, 0.2) is 0 Å². The number of carbonyl (C=O) groups excluding carboxylic acids is 1. The lowest BCUT2D eigenvalue weighted by molar-refractivity contribution is -0.141. The summed E-state index contributed by atoms with van der Waals surface area (Å²) in [5.41, 5.74) is 0. The van der Waals surface area contributed by atoms with Crippen molar-refractivity contribution in [2.75, 3.05) is 12.8 Å². The highest BCUT2D eigenvalue weighted by atomic mass is 32.2. The van der Waals surface area contributed by atoms with Crippen LogP contribution in [0.4, 0.5) is 4.79 Å². The zero-order valence-corrected chi connectivity index (χ0v) is 12.1. The quantitative estimate of drug-likeness (QED) is 0.720. The lowest BCUT2D eigenvalue weighted by Gasteiger charge is -2.40. The summed E-state index contributed by atoms with van der Waals surface area (Å²) in [6, 6.07) is -0.149. The molecule has 0 radical (unpaired) electrons. The van der Waals surface area contributed by atoms with Gasteiger partial charge in [-0.05, 0) is 38.4 Å². The minimum atomic E-state index is -0.750. The van der Waals surface area contributed by atoms with Crippen LogP contribution in [-0.2, 0) is 4.79 Å². The van der Waals surface area contributed by atoms with E-state index >= 15 is 0 Å². The number of hydrogen-bond donors (Lipinski definition) is 3. The molecule has 2 amide bonds. The van der Waals surface area contributed by atoms with Gasteiger partial charge in [0.15, 0.2) is 0 Å². The van der Waals surface area contributed by atoms with E-state index in [0.29, 0.717) is 19.4 Å². The molecule has 0 aromatic carbocycles. The molecule has 0 aromatic rings. The second-order valence-electron chi connectivity index (χ2n) is 5.61. The van der Waals surface area contributed by atoms with Crippen LogP contribution in [0.1, 0.15) is 38.5 Å². The number of aliphatic carboxylic acids is 1. The van der Waals surface area contributed by atoms with E-state index in [1.54, 1.807) is 0 Å². The molecule has 6 heteroatoms. The molecule has 19 heavy (non-hydrogen) atoms. The topological polar surface area (TPSA) is 78.4 Å². The third-order valence-corrected chi connectivity index (χ3v) is 5.80. The Morgan fingerprint density at radius 3 is 2.58 bits per heavy atom. The van der Waals surface area contributed by atoms with Crippen molar-refractivity contribution in [1.82, 2.24) is 10.6 Å². The number of rotatable bonds is 5. The van der Waals surface area contributed by atoms with E-state index in [0.717, 1.165) is 6.42 Å². The Kier molecular flexibility index (Phi) is 4.60. The van der Waals surface area contributed by atoms with E-state index in [-0.39, 0.29) is 22.7 Å². The molecule has 2 saturated carbocycles. The first-order valence-electron chi connectivity index (χ1n) is 6.87. The molecule has 0 aromatic heterocycles. The summed E-state index contributed by atoms with van der Waals surface area (Å²) >= 11 is 1.83. The van der Waals surface area contributed by atoms with Crippen molar-refractivity contribution >= 4 is 23.8 Å². The van der Waals surface area contributed by atoms with Crippen molar-refractivity contribution in [2.45, 2.75) is 49.3 Å². The summed E-state index contributed by atoms with van der Waals surface area (Å²) in [6.45, 7) is 0.703. The number of hydrogen-bond acceptors (Lipinski definition) is 3. The first-order chi connectivity index (χ1) is 9.04. The molecule has 5 nitrogen and oxygen atoms in total. The van der Waals surface area contributed by atoms with Gasteiger partial charge in [-0.25, -0.2) is 4.79 Å². The maximum absolute atomic E-state index is 11.8. The average Bonchev–Trinajstić information content (AvgIpc) is 2.77. The van der Waals surface area contributed by atoms with Crippen LogP contribution in [0.3, 0.4) is 0 Å². The van der Waals surface area contributed by atoms with E-state index in [1.807, 2.05) is 11.8 Å². The molecule has 0 aliphatic heterocycles. The number of urea groups is 1. The number of carbonyl (C=O) groups is 2. The van der Waals surface area contributed by atoms with Gasteiger partial charge in [-0.15, -0.1) is 0 Å². The Bertz CT molecular complexity index is 352. The molecule has 2 rings (SSSR count). The molecule has 0 spiro atoms. The fraction of sp³-hybridized carbons (Fsp3) is 0.846. The van der Waals surface area contributed by atoms with E-state index in [9.17, 15) is 9.59 Å². The van der Waals surface area contributed by atoms with Gasteiger partial charge >= 0.3 is 12.0 Å². The van der Waals surface area contributed by atoms with Crippen LogP contribution in [0.5, 0.6) is 0 Å². The molecule has 0 heterocycles. The molecule has 2 aliphatic rings. The number of carboxylic acid groups (broad SMARTS) is 1. The predicted octanol–water partition coefficient (Wildman–Crippen LogP) is 1.82. The van der Waals surface area contributed by atoms with Gasteiger partial charge in [0, 0.05) is 17.3 Å². The molecule has 108 valence electrons. The summed E-state index contributed by atoms with van der Waals surface area (Å²) in [4.78, 5) is 22.6. The van der Waals surface area contributed by atoms with Gasteiger partial charge in [0.05, 0.1) is 5.92 Å². The van der Waals surface area contributed by atoms with E-state index in [1.165, 1.54) is 19.3 Å². The molecule has 2 unspecified atom stereocenters. The lowest BCUT2D eigenvalue weighted by atomic mass is 9.84. The summed E-state index contributed by atoms with van der Waals surface area (Å²) in [7, 11) is 0. The smallest absolute Gasteiger partial charge is 0.315 e. The zero-order chi connectivity index (χ0) is 13.9. The van der Waals surface area contributed by atoms with Crippen molar-refractivity contribution < 1.29 is 14.7 Å². The number of thioether (sulfide) groups is 1. The Morgan fingerprint density at radius 2 is 2.11 bits per heavy atom. The fourth-order valence-electron chi connectivity index (χ4n) is 2.84. The highest BCUT2D eigenvalue weighted by molar-refractivity contribution is 8.00. The van der Waals surface area contributed by atoms with Crippen molar-refractivity contribution in [2.24, 2.45) is 5.92 Å². The van der Waals surface area contributed by atoms with Crippen LogP contribution in [0.2, 0.25) is 0 Å². The molecule has 0 saturated heterocycles. The number of carboxylic acids is 1. The SMILES string of the molecule is CSC1(CNC(=O)NC2CCC(C(=O)O)C2)CCC1. The van der Waals surface area contributed by atoms with Crippen molar-refractivity contribution in [3.05, 3.63) is 0 Å². The highest BCUT2D eigenvalue weighted by Gasteiger charge is 2.36. The van der Waals surface area contributed by atoms with Crippen molar-refractivity contribution in [3.8, 4) is 0 Å². The third-order valence-electron chi connectivity index (χ3n) is 4.39. The van der Waals surface area contributed by atoms with Crippen LogP contribution < -0.4 is 10.6 Å². The minimum Gasteiger partial charge on any atom is -0.481 e. The van der Waals surface area contributed by atoms with E-state index in [2.05, 4.69) is 16.9 Å². The third kappa shape index (κ3) is 3.55. The monoisotopic (exact) mass is 286 g/mol. The second kappa shape index (κ2) is 6.03. The van der Waals surface area contributed by atoms with Gasteiger partial charge in [-0.3, -0.25) is 4.79 Å². The number of nitrogens with one attached hydrogen (secondary N) is 2. The Hall–Kier alpha value is -0.910. The standard InChI is InChI=1S/C13H22N2O3S/c1-19-13(5-2-6-13)8-14-12(18)15-10-4-3-9(7-10)11(16)17/h9-10H,2-8H2,1H3,(H,16,17)(H2,14,15,18). The highest BCUT2D eigenvalue weighted by Crippen LogP contribution is 2.42. The number of amides is 2. The zero-order valence-electron chi connectivity index (χ0n) is 11.3. The Balaban J connectivity index is 1.69. The largest absolute Gasteiger partial charge is 0.481 e. The predicted molar refractivity (Wildman–Crippen MR) is 75.4 cm³/mol. The summed E-state index contributed by atoms with van der Waals surface area (Å²) in [5.74, 6) is -1.05. The lowest BCUT2D eigenvalue weighted by Crippen LogP contribution is -2.49. The van der Waals surface area contributed by atoms with Crippen molar-refractivity contribution in [1.29, 1.82) is 0 Å². The van der Waals surface area contributed by atoms with Gasteiger partial charge in [0.1, 0.15) is 0 Å². The van der Waals surface area contributed by atoms with Crippen LogP contribution in [-0.4, -0.2) is 40.7 Å². The maximum atomic E-state index is 11.8. The van der Waals surface area contributed by atoms with Gasteiger partial charge in [0.25, 0.3) is 0 Å². The molecule has 3 N–H and O–H groups in total. The molecule has 2 fully saturated rings. The Morgan fingerprint density at radius 1 is 1.37 bits per heavy atom. The molecule has 2 aliphatic carbocycles. The fourth-order valence-corrected chi connectivity index (χ4v) is 3.75. The summed E-state index contributed by atoms with van der Waals surface area (Å²) in [6.07, 6.45) is 7.64. The molecule has 0 bridgehead atoms. The van der Waals surface area contributed by atoms with Gasteiger partial charge in [-0.2, -0.15) is 11.8 Å². The molecular formula is C13H22N2O3S. The second-order valence-corrected chi connectivity index (χ2v) is 6.89. The van der Waals surface area contributed by atoms with Gasteiger partial charge in [-0.1, -0.05) is 6.42 Å². The maximum Gasteiger partial charge on any atom is 0.315 e. The first-order valence-corrected chi connectivity index (χ1v) is 8.09. The van der Waals surface area contributed by atoms with Crippen LogP contribution in [0, 0.1) is 5.92 Å². The first kappa shape index (κ1) is 14.5. The minimum absolute atomic E-state index is 0.00715. The molecule has 2 atom stereocenters. The normalized spacial score (nSPS) is 28.5. The average molecular weight is 286 g/mol. The van der Waals surface area contributed by atoms with Crippen molar-refractivity contribution in [3.63, 3.8) is 0 Å². The Labute approximate surface area is 117 Å². The van der Waals surface area contributed by atoms with Gasteiger partial charge < -0.3 is 15.7 Å². The summed E-state index contributed by atoms with van der Waals surface area (Å²) < 4.78 is 0.233. The summed E-state index contributed by atoms with van der Waals surface area (Å²) in [5, 5.41) is 14.7.